The maximum Gasteiger partial charge on any atom is 0.269 e. The lowest BCUT2D eigenvalue weighted by Gasteiger charge is -2.05. The van der Waals surface area contributed by atoms with E-state index in [-0.39, 0.29) is 18.2 Å². The lowest BCUT2D eigenvalue weighted by molar-refractivity contribution is -0.117. The highest BCUT2D eigenvalue weighted by Crippen LogP contribution is 2.07. The van der Waals surface area contributed by atoms with Crippen molar-refractivity contribution in [2.75, 3.05) is 18.9 Å². The van der Waals surface area contributed by atoms with Gasteiger partial charge in [-0.15, -0.1) is 0 Å². The van der Waals surface area contributed by atoms with Crippen LogP contribution in [0.4, 0.5) is 5.69 Å². The van der Waals surface area contributed by atoms with Crippen molar-refractivity contribution in [2.45, 2.75) is 6.42 Å². The van der Waals surface area contributed by atoms with Crippen LogP contribution < -0.4 is 16.4 Å². The number of nitrogens with two attached hydrogens (primary N) is 1. The fourth-order valence-electron chi connectivity index (χ4n) is 1.12. The summed E-state index contributed by atoms with van der Waals surface area (Å²) < 4.78 is 0. The summed E-state index contributed by atoms with van der Waals surface area (Å²) in [6, 6.07) is 3.33. The molecule has 16 heavy (non-hydrogen) atoms. The van der Waals surface area contributed by atoms with Crippen molar-refractivity contribution in [1.29, 1.82) is 0 Å². The number of hydrogen-bond donors (Lipinski definition) is 3. The molecular formula is C10H14N4O2. The number of carbonyl (C=O) groups is 2. The van der Waals surface area contributed by atoms with E-state index in [0.717, 1.165) is 5.69 Å². The normalized spacial score (nSPS) is 9.56. The maximum atomic E-state index is 11.3. The Kier molecular flexibility index (Phi) is 4.26. The van der Waals surface area contributed by atoms with Crippen molar-refractivity contribution in [3.63, 3.8) is 0 Å². The first-order chi connectivity index (χ1) is 7.63. The third kappa shape index (κ3) is 3.56. The number of primary amides is 1. The van der Waals surface area contributed by atoms with Gasteiger partial charge in [0.2, 0.25) is 5.91 Å². The zero-order valence-electron chi connectivity index (χ0n) is 8.99. The molecule has 0 atom stereocenters. The fraction of sp³-hybridized carbons (Fsp3) is 0.300. The van der Waals surface area contributed by atoms with Crippen molar-refractivity contribution < 1.29 is 9.59 Å². The van der Waals surface area contributed by atoms with Gasteiger partial charge in [-0.2, -0.15) is 0 Å². The fourth-order valence-corrected chi connectivity index (χ4v) is 1.12. The van der Waals surface area contributed by atoms with Crippen LogP contribution in [0, 0.1) is 0 Å². The standard InChI is InChI=1S/C10H14N4O2/c1-12-10(16)8-6-7(2-4-14-8)13-5-3-9(11)15/h2,4,6H,3,5H2,1H3,(H2,11,15)(H,12,16)(H,13,14). The molecule has 4 N–H and O–H groups in total. The van der Waals surface area contributed by atoms with Gasteiger partial charge in [0.05, 0.1) is 0 Å². The van der Waals surface area contributed by atoms with Gasteiger partial charge in [0.1, 0.15) is 5.69 Å². The summed E-state index contributed by atoms with van der Waals surface area (Å²) in [4.78, 5) is 25.7. The molecule has 1 rings (SSSR count). The number of carbonyl (C=O) groups excluding carboxylic acids is 2. The first-order valence-corrected chi connectivity index (χ1v) is 4.84. The first kappa shape index (κ1) is 12.0. The van der Waals surface area contributed by atoms with Crippen LogP contribution in [0.15, 0.2) is 18.3 Å². The van der Waals surface area contributed by atoms with E-state index in [0.29, 0.717) is 12.2 Å². The number of pyridine rings is 1. The van der Waals surface area contributed by atoms with E-state index in [1.54, 1.807) is 12.1 Å². The summed E-state index contributed by atoms with van der Waals surface area (Å²) in [5.41, 5.74) is 6.06. The Morgan fingerprint density at radius 3 is 2.88 bits per heavy atom. The number of nitrogens with zero attached hydrogens (tertiary/aromatic N) is 1. The van der Waals surface area contributed by atoms with Crippen LogP contribution in [0.25, 0.3) is 0 Å². The zero-order chi connectivity index (χ0) is 12.0. The number of amides is 2. The summed E-state index contributed by atoms with van der Waals surface area (Å²) in [6.07, 6.45) is 1.77. The molecule has 0 saturated heterocycles. The summed E-state index contributed by atoms with van der Waals surface area (Å²) in [5.74, 6) is -0.619. The molecule has 0 unspecified atom stereocenters. The Labute approximate surface area is 93.2 Å². The van der Waals surface area contributed by atoms with Crippen molar-refractivity contribution in [3.8, 4) is 0 Å². The van der Waals surface area contributed by atoms with Crippen molar-refractivity contribution in [2.24, 2.45) is 5.73 Å². The lowest BCUT2D eigenvalue weighted by atomic mass is 10.3. The number of hydrogen-bond acceptors (Lipinski definition) is 4. The van der Waals surface area contributed by atoms with Crippen LogP contribution >= 0.6 is 0 Å². The van der Waals surface area contributed by atoms with Gasteiger partial charge in [0.15, 0.2) is 0 Å². The highest BCUT2D eigenvalue weighted by Gasteiger charge is 2.04. The third-order valence-corrected chi connectivity index (χ3v) is 1.92. The molecule has 0 bridgehead atoms. The first-order valence-electron chi connectivity index (χ1n) is 4.84. The van der Waals surface area contributed by atoms with Crippen LogP contribution in [-0.2, 0) is 4.79 Å². The Balaban J connectivity index is 2.60. The van der Waals surface area contributed by atoms with E-state index in [1.807, 2.05) is 0 Å². The van der Waals surface area contributed by atoms with Gasteiger partial charge < -0.3 is 16.4 Å². The predicted octanol–water partition coefficient (Wildman–Crippen LogP) is -0.271. The molecule has 2 amide bonds. The average molecular weight is 222 g/mol. The molecule has 0 fully saturated rings. The monoisotopic (exact) mass is 222 g/mol. The molecule has 86 valence electrons. The quantitative estimate of drug-likeness (QED) is 0.638. The molecule has 0 aromatic carbocycles. The van der Waals surface area contributed by atoms with E-state index < -0.39 is 0 Å². The molecule has 0 aliphatic heterocycles. The van der Waals surface area contributed by atoms with Crippen LogP contribution in [0.5, 0.6) is 0 Å². The van der Waals surface area contributed by atoms with Gasteiger partial charge in [0, 0.05) is 31.9 Å². The van der Waals surface area contributed by atoms with Gasteiger partial charge in [-0.25, -0.2) is 0 Å². The second-order valence-electron chi connectivity index (χ2n) is 3.15. The number of aromatic nitrogens is 1. The molecule has 0 saturated carbocycles. The minimum absolute atomic E-state index is 0.248. The Bertz CT molecular complexity index is 392. The molecule has 6 heteroatoms. The molecule has 0 aliphatic carbocycles. The summed E-state index contributed by atoms with van der Waals surface area (Å²) in [7, 11) is 1.54. The highest BCUT2D eigenvalue weighted by atomic mass is 16.2. The van der Waals surface area contributed by atoms with Crippen molar-refractivity contribution in [3.05, 3.63) is 24.0 Å². The average Bonchev–Trinajstić information content (AvgIpc) is 2.28. The third-order valence-electron chi connectivity index (χ3n) is 1.92. The van der Waals surface area contributed by atoms with Gasteiger partial charge >= 0.3 is 0 Å². The summed E-state index contributed by atoms with van der Waals surface area (Å²) >= 11 is 0. The van der Waals surface area contributed by atoms with Crippen molar-refractivity contribution in [1.82, 2.24) is 10.3 Å². The minimum atomic E-state index is -0.368. The number of rotatable bonds is 5. The smallest absolute Gasteiger partial charge is 0.269 e. The molecule has 1 heterocycles. The Morgan fingerprint density at radius 1 is 1.50 bits per heavy atom. The van der Waals surface area contributed by atoms with Crippen LogP contribution in [0.2, 0.25) is 0 Å². The van der Waals surface area contributed by atoms with Crippen LogP contribution in [-0.4, -0.2) is 30.4 Å². The van der Waals surface area contributed by atoms with Gasteiger partial charge in [0.25, 0.3) is 5.91 Å². The van der Waals surface area contributed by atoms with Gasteiger partial charge in [-0.3, -0.25) is 14.6 Å². The predicted molar refractivity (Wildman–Crippen MR) is 59.9 cm³/mol. The SMILES string of the molecule is CNC(=O)c1cc(NCCC(N)=O)ccn1. The molecule has 6 nitrogen and oxygen atoms in total. The zero-order valence-corrected chi connectivity index (χ0v) is 8.99. The second kappa shape index (κ2) is 5.69. The molecular weight excluding hydrogens is 208 g/mol. The number of anilines is 1. The van der Waals surface area contributed by atoms with Gasteiger partial charge in [-0.1, -0.05) is 0 Å². The Hall–Kier alpha value is -2.11. The summed E-state index contributed by atoms with van der Waals surface area (Å²) in [5, 5.41) is 5.45. The largest absolute Gasteiger partial charge is 0.384 e. The molecule has 1 aromatic heterocycles. The molecule has 0 radical (unpaired) electrons. The second-order valence-corrected chi connectivity index (χ2v) is 3.15. The highest BCUT2D eigenvalue weighted by molar-refractivity contribution is 5.92. The molecule has 0 aliphatic rings. The van der Waals surface area contributed by atoms with E-state index in [1.165, 1.54) is 13.2 Å². The number of nitrogens with one attached hydrogen (secondary N) is 2. The van der Waals surface area contributed by atoms with E-state index >= 15 is 0 Å². The lowest BCUT2D eigenvalue weighted by Crippen LogP contribution is -2.19. The molecule has 0 spiro atoms. The topological polar surface area (TPSA) is 97.1 Å². The van der Waals surface area contributed by atoms with Crippen LogP contribution in [0.1, 0.15) is 16.9 Å². The van der Waals surface area contributed by atoms with Crippen molar-refractivity contribution >= 4 is 17.5 Å². The summed E-state index contributed by atoms with van der Waals surface area (Å²) in [6.45, 7) is 0.437. The van der Waals surface area contributed by atoms with Gasteiger partial charge in [-0.05, 0) is 12.1 Å². The Morgan fingerprint density at radius 2 is 2.25 bits per heavy atom. The maximum absolute atomic E-state index is 11.3. The van der Waals surface area contributed by atoms with Crippen LogP contribution in [0.3, 0.4) is 0 Å². The van der Waals surface area contributed by atoms with E-state index in [9.17, 15) is 9.59 Å². The van der Waals surface area contributed by atoms with E-state index in [4.69, 9.17) is 5.73 Å². The minimum Gasteiger partial charge on any atom is -0.384 e. The molecule has 1 aromatic rings. The van der Waals surface area contributed by atoms with E-state index in [2.05, 4.69) is 15.6 Å².